The zero-order valence-corrected chi connectivity index (χ0v) is 21.1. The van der Waals surface area contributed by atoms with Gasteiger partial charge in [-0.1, -0.05) is 18.2 Å². The number of piperazine rings is 1. The molecule has 0 bridgehead atoms. The highest BCUT2D eigenvalue weighted by Crippen LogP contribution is 2.38. The van der Waals surface area contributed by atoms with Gasteiger partial charge in [-0.2, -0.15) is 5.10 Å². The van der Waals surface area contributed by atoms with Crippen LogP contribution in [0, 0.1) is 5.82 Å². The van der Waals surface area contributed by atoms with Gasteiger partial charge in [0.1, 0.15) is 11.4 Å². The molecule has 1 saturated carbocycles. The zero-order valence-electron chi connectivity index (χ0n) is 21.1. The number of nitrogens with one attached hydrogen (secondary N) is 2. The number of hydrogen-bond acceptors (Lipinski definition) is 6. The highest BCUT2D eigenvalue weighted by molar-refractivity contribution is 5.99. The number of aromatic nitrogens is 2. The van der Waals surface area contributed by atoms with E-state index in [9.17, 15) is 19.5 Å². The van der Waals surface area contributed by atoms with E-state index in [1.807, 2.05) is 40.3 Å². The minimum atomic E-state index is -1.32. The molecule has 0 radical (unpaired) electrons. The Morgan fingerprint density at radius 2 is 1.90 bits per heavy atom. The van der Waals surface area contributed by atoms with E-state index in [2.05, 4.69) is 15.5 Å². The van der Waals surface area contributed by atoms with Gasteiger partial charge in [0.15, 0.2) is 0 Å². The van der Waals surface area contributed by atoms with Crippen molar-refractivity contribution in [1.29, 1.82) is 0 Å². The van der Waals surface area contributed by atoms with Crippen LogP contribution < -0.4 is 15.8 Å². The lowest BCUT2D eigenvalue weighted by Gasteiger charge is -2.36. The molecule has 39 heavy (non-hydrogen) atoms. The Bertz CT molecular complexity index is 1680. The molecule has 1 aliphatic carbocycles. The second-order valence-corrected chi connectivity index (χ2v) is 9.98. The number of aromatic amines is 1. The Balaban J connectivity index is 1.11. The van der Waals surface area contributed by atoms with E-state index in [4.69, 9.17) is 0 Å². The maximum Gasteiger partial charge on any atom is 0.341 e. The molecule has 4 aromatic rings. The highest BCUT2D eigenvalue weighted by atomic mass is 19.1. The van der Waals surface area contributed by atoms with Crippen molar-refractivity contribution in [3.63, 3.8) is 0 Å². The molecule has 1 amide bonds. The minimum Gasteiger partial charge on any atom is -0.477 e. The zero-order chi connectivity index (χ0) is 27.1. The summed E-state index contributed by atoms with van der Waals surface area (Å²) in [4.78, 5) is 43.8. The summed E-state index contributed by atoms with van der Waals surface area (Å²) in [5.74, 6) is -2.12. The molecule has 1 saturated heterocycles. The molecular formula is C28H27FN6O4. The van der Waals surface area contributed by atoms with Crippen molar-refractivity contribution in [2.75, 3.05) is 37.6 Å². The summed E-state index contributed by atoms with van der Waals surface area (Å²) in [7, 11) is 0. The summed E-state index contributed by atoms with van der Waals surface area (Å²) >= 11 is 0. The Hall–Kier alpha value is -4.51. The Morgan fingerprint density at radius 1 is 1.13 bits per heavy atom. The lowest BCUT2D eigenvalue weighted by molar-refractivity contribution is -0.122. The predicted octanol–water partition coefficient (Wildman–Crippen LogP) is 2.93. The normalized spacial score (nSPS) is 16.4. The van der Waals surface area contributed by atoms with Gasteiger partial charge < -0.3 is 19.6 Å². The van der Waals surface area contributed by atoms with Gasteiger partial charge in [0.2, 0.25) is 5.43 Å². The number of hydrogen-bond donors (Lipinski definition) is 3. The highest BCUT2D eigenvalue weighted by Gasteiger charge is 2.28. The van der Waals surface area contributed by atoms with E-state index in [1.165, 1.54) is 6.20 Å². The van der Waals surface area contributed by atoms with Crippen molar-refractivity contribution in [2.24, 2.45) is 5.10 Å². The standard InChI is InChI=1S/C28H27FN6O4/c29-22-11-20-24(35(18-5-6-18)15-21(27(20)37)28(38)39)12-25(22)34-9-7-33(8-10-34)16-26(36)32-31-14-17-13-30-23-4-2-1-3-19(17)23/h1-4,11-15,18,30H,5-10,16H2,(H,32,36)(H,38,39)/b31-14+. The number of carboxylic acids is 1. The predicted molar refractivity (Wildman–Crippen MR) is 146 cm³/mol. The third-order valence-corrected chi connectivity index (χ3v) is 7.37. The smallest absolute Gasteiger partial charge is 0.341 e. The number of H-pyrrole nitrogens is 1. The van der Waals surface area contributed by atoms with E-state index in [0.29, 0.717) is 37.4 Å². The van der Waals surface area contributed by atoms with Crippen LogP contribution in [-0.2, 0) is 4.79 Å². The van der Waals surface area contributed by atoms with Crippen LogP contribution in [0.5, 0.6) is 0 Å². The fourth-order valence-corrected chi connectivity index (χ4v) is 5.17. The number of amides is 1. The number of rotatable bonds is 7. The molecule has 3 N–H and O–H groups in total. The van der Waals surface area contributed by atoms with Crippen molar-refractivity contribution in [3.8, 4) is 0 Å². The van der Waals surface area contributed by atoms with Gasteiger partial charge in [-0.25, -0.2) is 14.6 Å². The number of aromatic carboxylic acids is 1. The lowest BCUT2D eigenvalue weighted by Crippen LogP contribution is -2.49. The fourth-order valence-electron chi connectivity index (χ4n) is 5.17. The number of nitrogens with zero attached hydrogens (tertiary/aromatic N) is 4. The summed E-state index contributed by atoms with van der Waals surface area (Å²) in [6.45, 7) is 2.25. The topological polar surface area (TPSA) is 123 Å². The molecule has 2 fully saturated rings. The number of carbonyl (C=O) groups is 2. The number of carboxylic acid groups (broad SMARTS) is 1. The van der Waals surface area contributed by atoms with Gasteiger partial charge >= 0.3 is 5.97 Å². The summed E-state index contributed by atoms with van der Waals surface area (Å²) in [6, 6.07) is 10.7. The van der Waals surface area contributed by atoms with Crippen LogP contribution in [0.3, 0.4) is 0 Å². The summed E-state index contributed by atoms with van der Waals surface area (Å²) in [5, 5.41) is 14.6. The lowest BCUT2D eigenvalue weighted by atomic mass is 10.1. The SMILES string of the molecule is O=C(CN1CCN(c2cc3c(cc2F)c(=O)c(C(=O)O)cn3C2CC2)CC1)N/N=C/c1c[nH]c2ccccc12. The Morgan fingerprint density at radius 3 is 2.64 bits per heavy atom. The largest absolute Gasteiger partial charge is 0.477 e. The molecule has 2 aliphatic rings. The first-order valence-electron chi connectivity index (χ1n) is 12.9. The maximum absolute atomic E-state index is 15.2. The molecule has 0 spiro atoms. The van der Waals surface area contributed by atoms with E-state index in [-0.39, 0.29) is 29.4 Å². The number of carbonyl (C=O) groups excluding carboxylic acids is 1. The maximum atomic E-state index is 15.2. The van der Waals surface area contributed by atoms with Crippen molar-refractivity contribution < 1.29 is 19.1 Å². The average molecular weight is 531 g/mol. The van der Waals surface area contributed by atoms with Crippen LogP contribution in [0.4, 0.5) is 10.1 Å². The average Bonchev–Trinajstić information content (AvgIpc) is 3.69. The summed E-state index contributed by atoms with van der Waals surface area (Å²) < 4.78 is 17.0. The number of fused-ring (bicyclic) bond motifs is 2. The van der Waals surface area contributed by atoms with Crippen LogP contribution in [-0.4, -0.2) is 70.4 Å². The van der Waals surface area contributed by atoms with Crippen molar-refractivity contribution >= 4 is 45.6 Å². The van der Waals surface area contributed by atoms with Gasteiger partial charge in [-0.15, -0.1) is 0 Å². The molecule has 0 unspecified atom stereocenters. The Kier molecular flexibility index (Phi) is 6.35. The van der Waals surface area contributed by atoms with Gasteiger partial charge in [0.05, 0.1) is 24.0 Å². The van der Waals surface area contributed by atoms with E-state index >= 15 is 4.39 Å². The van der Waals surface area contributed by atoms with Crippen LogP contribution >= 0.6 is 0 Å². The van der Waals surface area contributed by atoms with Crippen LogP contribution in [0.25, 0.3) is 21.8 Å². The number of para-hydroxylation sites is 1. The number of anilines is 1. The molecule has 2 aromatic carbocycles. The van der Waals surface area contributed by atoms with E-state index in [1.54, 1.807) is 16.8 Å². The molecule has 6 rings (SSSR count). The van der Waals surface area contributed by atoms with E-state index in [0.717, 1.165) is 35.4 Å². The second kappa shape index (κ2) is 9.99. The third kappa shape index (κ3) is 4.88. The Labute approximate surface area is 222 Å². The molecule has 3 heterocycles. The molecule has 0 atom stereocenters. The summed E-state index contributed by atoms with van der Waals surface area (Å²) in [5.41, 5.74) is 4.33. The van der Waals surface area contributed by atoms with Crippen molar-refractivity contribution in [3.05, 3.63) is 76.0 Å². The summed E-state index contributed by atoms with van der Waals surface area (Å²) in [6.07, 6.45) is 6.59. The number of halogens is 1. The van der Waals surface area contributed by atoms with Crippen LogP contribution in [0.15, 0.2) is 58.7 Å². The number of hydrazone groups is 1. The van der Waals surface area contributed by atoms with Crippen LogP contribution in [0.2, 0.25) is 0 Å². The minimum absolute atomic E-state index is 0.0755. The molecule has 11 heteroatoms. The van der Waals surface area contributed by atoms with E-state index < -0.39 is 17.2 Å². The van der Waals surface area contributed by atoms with Crippen LogP contribution in [0.1, 0.15) is 34.8 Å². The molecule has 10 nitrogen and oxygen atoms in total. The number of pyridine rings is 1. The molecular weight excluding hydrogens is 503 g/mol. The van der Waals surface area contributed by atoms with Crippen molar-refractivity contribution in [2.45, 2.75) is 18.9 Å². The first-order valence-corrected chi connectivity index (χ1v) is 12.9. The first-order chi connectivity index (χ1) is 18.9. The molecule has 1 aliphatic heterocycles. The monoisotopic (exact) mass is 530 g/mol. The van der Waals surface area contributed by atoms with Gasteiger partial charge in [0.25, 0.3) is 5.91 Å². The van der Waals surface area contributed by atoms with Gasteiger partial charge in [0, 0.05) is 66.5 Å². The quantitative estimate of drug-likeness (QED) is 0.249. The second-order valence-electron chi connectivity index (χ2n) is 9.98. The first kappa shape index (κ1) is 24.8. The third-order valence-electron chi connectivity index (χ3n) is 7.37. The van der Waals surface area contributed by atoms with Crippen molar-refractivity contribution in [1.82, 2.24) is 19.9 Å². The van der Waals surface area contributed by atoms with Gasteiger partial charge in [-0.05, 0) is 31.0 Å². The fraction of sp³-hybridized carbons (Fsp3) is 0.286. The molecule has 2 aromatic heterocycles. The number of benzene rings is 2. The van der Waals surface area contributed by atoms with Gasteiger partial charge in [-0.3, -0.25) is 14.5 Å². The molecule has 200 valence electrons.